The molecule has 2 heterocycles. The molecule has 0 bridgehead atoms. The number of thioether (sulfide) groups is 1. The van der Waals surface area contributed by atoms with E-state index in [9.17, 15) is 4.79 Å². The van der Waals surface area contributed by atoms with Crippen molar-refractivity contribution in [2.24, 2.45) is 0 Å². The van der Waals surface area contributed by atoms with Crippen LogP contribution in [0, 0.1) is 0 Å². The molecule has 120 valence electrons. The van der Waals surface area contributed by atoms with E-state index in [1.54, 1.807) is 12.4 Å². The van der Waals surface area contributed by atoms with Crippen molar-refractivity contribution >= 4 is 17.7 Å². The molecule has 2 aromatic heterocycles. The molecule has 0 saturated carbocycles. The fourth-order valence-electron chi connectivity index (χ4n) is 2.49. The minimum atomic E-state index is -0.368. The standard InChI is InChI=1S/C19H16N2O2S/c1-23-19(22)18-14(16-8-4-6-10-21-16)11-13(12-17(18)24-2)15-7-3-5-9-20-15/h3-12H,1-2H3. The van der Waals surface area contributed by atoms with E-state index in [1.807, 2.05) is 54.8 Å². The molecule has 0 unspecified atom stereocenters. The van der Waals surface area contributed by atoms with E-state index in [-0.39, 0.29) is 5.97 Å². The number of methoxy groups -OCH3 is 1. The summed E-state index contributed by atoms with van der Waals surface area (Å²) in [5.74, 6) is -0.368. The first-order valence-corrected chi connectivity index (χ1v) is 8.60. The lowest BCUT2D eigenvalue weighted by molar-refractivity contribution is 0.0597. The molecule has 3 rings (SSSR count). The van der Waals surface area contributed by atoms with E-state index in [4.69, 9.17) is 4.74 Å². The van der Waals surface area contributed by atoms with Crippen LogP contribution in [0.15, 0.2) is 65.8 Å². The predicted molar refractivity (Wildman–Crippen MR) is 96.0 cm³/mol. The molecule has 0 aliphatic heterocycles. The largest absolute Gasteiger partial charge is 0.465 e. The summed E-state index contributed by atoms with van der Waals surface area (Å²) in [7, 11) is 1.39. The summed E-state index contributed by atoms with van der Waals surface area (Å²) in [4.78, 5) is 22.0. The zero-order valence-electron chi connectivity index (χ0n) is 13.4. The van der Waals surface area contributed by atoms with Crippen LogP contribution in [0.2, 0.25) is 0 Å². The fourth-order valence-corrected chi connectivity index (χ4v) is 3.14. The Morgan fingerprint density at radius 1 is 1.00 bits per heavy atom. The van der Waals surface area contributed by atoms with Gasteiger partial charge in [0.25, 0.3) is 0 Å². The zero-order chi connectivity index (χ0) is 16.9. The molecule has 24 heavy (non-hydrogen) atoms. The highest BCUT2D eigenvalue weighted by molar-refractivity contribution is 7.98. The molecule has 0 aliphatic carbocycles. The number of benzene rings is 1. The number of pyridine rings is 2. The number of nitrogens with zero attached hydrogens (tertiary/aromatic N) is 2. The number of carbonyl (C=O) groups excluding carboxylic acids is 1. The molecular weight excluding hydrogens is 320 g/mol. The Kier molecular flexibility index (Phi) is 4.91. The first-order chi connectivity index (χ1) is 11.7. The number of esters is 1. The van der Waals surface area contributed by atoms with Gasteiger partial charge in [-0.1, -0.05) is 12.1 Å². The minimum absolute atomic E-state index is 0.368. The van der Waals surface area contributed by atoms with Gasteiger partial charge in [-0.2, -0.15) is 0 Å². The van der Waals surface area contributed by atoms with Gasteiger partial charge in [-0.15, -0.1) is 11.8 Å². The van der Waals surface area contributed by atoms with Crippen LogP contribution in [-0.2, 0) is 4.74 Å². The summed E-state index contributed by atoms with van der Waals surface area (Å²) in [6.45, 7) is 0. The molecule has 4 nitrogen and oxygen atoms in total. The van der Waals surface area contributed by atoms with Crippen molar-refractivity contribution in [1.82, 2.24) is 9.97 Å². The van der Waals surface area contributed by atoms with Gasteiger partial charge < -0.3 is 4.74 Å². The molecular formula is C19H16N2O2S. The number of aromatic nitrogens is 2. The minimum Gasteiger partial charge on any atom is -0.465 e. The van der Waals surface area contributed by atoms with Gasteiger partial charge in [0.2, 0.25) is 0 Å². The summed E-state index contributed by atoms with van der Waals surface area (Å²) in [5.41, 5.74) is 3.79. The van der Waals surface area contributed by atoms with Gasteiger partial charge >= 0.3 is 5.97 Å². The van der Waals surface area contributed by atoms with Crippen molar-refractivity contribution < 1.29 is 9.53 Å². The van der Waals surface area contributed by atoms with Crippen LogP contribution in [0.25, 0.3) is 22.5 Å². The number of ether oxygens (including phenoxy) is 1. The Labute approximate surface area is 144 Å². The van der Waals surface area contributed by atoms with E-state index in [0.717, 1.165) is 27.4 Å². The highest BCUT2D eigenvalue weighted by Crippen LogP contribution is 2.35. The summed E-state index contributed by atoms with van der Waals surface area (Å²) in [6.07, 6.45) is 5.40. The van der Waals surface area contributed by atoms with Crippen molar-refractivity contribution in [3.8, 4) is 22.5 Å². The molecule has 3 aromatic rings. The Bertz CT molecular complexity index is 852. The molecule has 1 aromatic carbocycles. The first kappa shape index (κ1) is 16.2. The van der Waals surface area contributed by atoms with Crippen molar-refractivity contribution in [2.75, 3.05) is 13.4 Å². The summed E-state index contributed by atoms with van der Waals surface area (Å²) in [6, 6.07) is 15.3. The van der Waals surface area contributed by atoms with E-state index in [2.05, 4.69) is 9.97 Å². The third-order valence-corrected chi connectivity index (χ3v) is 4.37. The summed E-state index contributed by atoms with van der Waals surface area (Å²) in [5, 5.41) is 0. The molecule has 0 aliphatic rings. The maximum atomic E-state index is 12.4. The molecule has 0 amide bonds. The Morgan fingerprint density at radius 2 is 1.67 bits per heavy atom. The normalized spacial score (nSPS) is 10.4. The molecule has 5 heteroatoms. The van der Waals surface area contributed by atoms with Gasteiger partial charge in [-0.25, -0.2) is 4.79 Å². The number of hydrogen-bond donors (Lipinski definition) is 0. The fraction of sp³-hybridized carbons (Fsp3) is 0.105. The smallest absolute Gasteiger partial charge is 0.339 e. The average Bonchev–Trinajstić information content (AvgIpc) is 2.67. The van der Waals surface area contributed by atoms with Crippen LogP contribution in [0.5, 0.6) is 0 Å². The molecule has 0 N–H and O–H groups in total. The van der Waals surface area contributed by atoms with Gasteiger partial charge in [0.05, 0.1) is 24.1 Å². The van der Waals surface area contributed by atoms with Crippen LogP contribution in [0.3, 0.4) is 0 Å². The van der Waals surface area contributed by atoms with Crippen molar-refractivity contribution in [3.63, 3.8) is 0 Å². The third kappa shape index (κ3) is 3.16. The third-order valence-electron chi connectivity index (χ3n) is 3.61. The first-order valence-electron chi connectivity index (χ1n) is 7.37. The van der Waals surface area contributed by atoms with Gasteiger partial charge in [-0.05, 0) is 42.7 Å². The molecule has 0 spiro atoms. The van der Waals surface area contributed by atoms with E-state index < -0.39 is 0 Å². The predicted octanol–water partition coefficient (Wildman–Crippen LogP) is 4.32. The van der Waals surface area contributed by atoms with E-state index >= 15 is 0 Å². The van der Waals surface area contributed by atoms with E-state index in [0.29, 0.717) is 5.56 Å². The second kappa shape index (κ2) is 7.27. The lowest BCUT2D eigenvalue weighted by atomic mass is 9.98. The highest BCUT2D eigenvalue weighted by atomic mass is 32.2. The number of carbonyl (C=O) groups is 1. The van der Waals surface area contributed by atoms with Gasteiger partial charge in [0.15, 0.2) is 0 Å². The Morgan fingerprint density at radius 3 is 2.21 bits per heavy atom. The van der Waals surface area contributed by atoms with Gasteiger partial charge in [0, 0.05) is 28.4 Å². The van der Waals surface area contributed by atoms with Crippen LogP contribution < -0.4 is 0 Å². The molecule has 0 fully saturated rings. The molecule has 0 radical (unpaired) electrons. The number of rotatable bonds is 4. The van der Waals surface area contributed by atoms with Gasteiger partial charge in [0.1, 0.15) is 0 Å². The van der Waals surface area contributed by atoms with Crippen molar-refractivity contribution in [3.05, 3.63) is 66.5 Å². The van der Waals surface area contributed by atoms with Crippen molar-refractivity contribution in [2.45, 2.75) is 4.90 Å². The van der Waals surface area contributed by atoms with Crippen LogP contribution in [0.1, 0.15) is 10.4 Å². The summed E-state index contributed by atoms with van der Waals surface area (Å²) >= 11 is 1.50. The second-order valence-corrected chi connectivity index (χ2v) is 5.87. The van der Waals surface area contributed by atoms with Crippen molar-refractivity contribution in [1.29, 1.82) is 0 Å². The average molecular weight is 336 g/mol. The summed E-state index contributed by atoms with van der Waals surface area (Å²) < 4.78 is 4.99. The maximum Gasteiger partial charge on any atom is 0.339 e. The molecule has 0 atom stereocenters. The molecule has 0 saturated heterocycles. The zero-order valence-corrected chi connectivity index (χ0v) is 14.2. The van der Waals surface area contributed by atoms with Crippen LogP contribution >= 0.6 is 11.8 Å². The quantitative estimate of drug-likeness (QED) is 0.524. The topological polar surface area (TPSA) is 52.1 Å². The monoisotopic (exact) mass is 336 g/mol. The second-order valence-electron chi connectivity index (χ2n) is 5.02. The van der Waals surface area contributed by atoms with Crippen LogP contribution in [-0.4, -0.2) is 29.3 Å². The number of hydrogen-bond acceptors (Lipinski definition) is 5. The lowest BCUT2D eigenvalue weighted by Gasteiger charge is -2.14. The SMILES string of the molecule is COC(=O)c1c(SC)cc(-c2ccccn2)cc1-c1ccccn1. The Balaban J connectivity index is 2.28. The van der Waals surface area contributed by atoms with Crippen LogP contribution in [0.4, 0.5) is 0 Å². The Hall–Kier alpha value is -2.66. The van der Waals surface area contributed by atoms with Gasteiger partial charge in [-0.3, -0.25) is 9.97 Å². The maximum absolute atomic E-state index is 12.4. The lowest BCUT2D eigenvalue weighted by Crippen LogP contribution is -2.07. The van der Waals surface area contributed by atoms with E-state index in [1.165, 1.54) is 18.9 Å². The highest BCUT2D eigenvalue weighted by Gasteiger charge is 2.20.